The zero-order chi connectivity index (χ0) is 23.7. The van der Waals surface area contributed by atoms with Crippen molar-refractivity contribution in [3.63, 3.8) is 0 Å². The number of carbonyl (C=O) groups excluding carboxylic acids is 1. The van der Waals surface area contributed by atoms with Crippen LogP contribution in [0.4, 0.5) is 8.78 Å². The third kappa shape index (κ3) is 4.40. The Balaban J connectivity index is 1.98. The molecule has 10 heteroatoms. The largest absolute Gasteiger partial charge is 0.481 e. The van der Waals surface area contributed by atoms with Crippen LogP contribution in [-0.4, -0.2) is 34.8 Å². The van der Waals surface area contributed by atoms with Gasteiger partial charge < -0.3 is 24.9 Å². The van der Waals surface area contributed by atoms with E-state index in [2.05, 4.69) is 4.74 Å². The highest BCUT2D eigenvalue weighted by molar-refractivity contribution is 6.37. The SMILES string of the molecule is NC(=O)c1cccc2c1c1c(OCC(=O)O)ccc(Cl)c1n2Cc1cccc(OC(F)F)c1. The van der Waals surface area contributed by atoms with E-state index in [4.69, 9.17) is 27.2 Å². The first-order valence-electron chi connectivity index (χ1n) is 9.68. The lowest BCUT2D eigenvalue weighted by Gasteiger charge is -2.12. The molecular formula is C23H17ClF2N2O5. The topological polar surface area (TPSA) is 104 Å². The van der Waals surface area contributed by atoms with E-state index in [1.165, 1.54) is 18.2 Å². The monoisotopic (exact) mass is 474 g/mol. The van der Waals surface area contributed by atoms with Gasteiger partial charge in [0, 0.05) is 17.5 Å². The lowest BCUT2D eigenvalue weighted by atomic mass is 10.1. The molecule has 0 aliphatic heterocycles. The minimum absolute atomic E-state index is 0.00216. The van der Waals surface area contributed by atoms with Gasteiger partial charge in [-0.25, -0.2) is 4.79 Å². The number of fused-ring (bicyclic) bond motifs is 3. The summed E-state index contributed by atoms with van der Waals surface area (Å²) in [7, 11) is 0. The van der Waals surface area contributed by atoms with Gasteiger partial charge in [-0.05, 0) is 42.0 Å². The number of carboxylic acid groups (broad SMARTS) is 1. The van der Waals surface area contributed by atoms with Gasteiger partial charge in [0.25, 0.3) is 0 Å². The maximum Gasteiger partial charge on any atom is 0.387 e. The molecule has 3 N–H and O–H groups in total. The standard InChI is InChI=1S/C23H17ClF2N2O5/c24-15-7-8-17(32-11-18(29)30)20-19-14(22(27)31)5-2-6-16(19)28(21(15)20)10-12-3-1-4-13(9-12)33-23(25)26/h1-9,23H,10-11H2,(H2,27,31)(H,29,30). The zero-order valence-corrected chi connectivity index (χ0v) is 17.7. The number of ether oxygens (including phenoxy) is 2. The summed E-state index contributed by atoms with van der Waals surface area (Å²) in [6, 6.07) is 14.2. The highest BCUT2D eigenvalue weighted by Crippen LogP contribution is 2.41. The summed E-state index contributed by atoms with van der Waals surface area (Å²) >= 11 is 6.53. The average molecular weight is 475 g/mol. The molecule has 0 saturated heterocycles. The Bertz CT molecular complexity index is 1390. The Kier molecular flexibility index (Phi) is 6.06. The van der Waals surface area contributed by atoms with Crippen LogP contribution in [0.2, 0.25) is 5.02 Å². The third-order valence-electron chi connectivity index (χ3n) is 5.02. The fraction of sp³-hybridized carbons (Fsp3) is 0.130. The van der Waals surface area contributed by atoms with E-state index in [1.807, 2.05) is 0 Å². The highest BCUT2D eigenvalue weighted by Gasteiger charge is 2.22. The lowest BCUT2D eigenvalue weighted by molar-refractivity contribution is -0.139. The molecule has 4 rings (SSSR count). The maximum absolute atomic E-state index is 12.6. The molecule has 170 valence electrons. The summed E-state index contributed by atoms with van der Waals surface area (Å²) in [5.41, 5.74) is 7.49. The molecule has 0 saturated carbocycles. The lowest BCUT2D eigenvalue weighted by Crippen LogP contribution is -2.11. The maximum atomic E-state index is 12.6. The zero-order valence-electron chi connectivity index (χ0n) is 16.9. The summed E-state index contributed by atoms with van der Waals surface area (Å²) in [4.78, 5) is 23.3. The molecule has 4 aromatic rings. The Morgan fingerprint density at radius 1 is 1.09 bits per heavy atom. The number of hydrogen-bond acceptors (Lipinski definition) is 4. The number of benzene rings is 3. The number of aliphatic carboxylic acids is 1. The van der Waals surface area contributed by atoms with Crippen LogP contribution in [0, 0.1) is 0 Å². The van der Waals surface area contributed by atoms with Gasteiger partial charge in [-0.15, -0.1) is 0 Å². The molecule has 0 fully saturated rings. The van der Waals surface area contributed by atoms with E-state index in [0.29, 0.717) is 32.4 Å². The number of aromatic nitrogens is 1. The first-order valence-corrected chi connectivity index (χ1v) is 10.1. The van der Waals surface area contributed by atoms with Gasteiger partial charge in [-0.1, -0.05) is 29.8 Å². The van der Waals surface area contributed by atoms with E-state index in [-0.39, 0.29) is 23.6 Å². The Labute approximate surface area is 190 Å². The molecule has 0 spiro atoms. The van der Waals surface area contributed by atoms with Crippen LogP contribution in [0.1, 0.15) is 15.9 Å². The van der Waals surface area contributed by atoms with Gasteiger partial charge in [-0.3, -0.25) is 4.79 Å². The van der Waals surface area contributed by atoms with Crippen LogP contribution in [0.15, 0.2) is 54.6 Å². The van der Waals surface area contributed by atoms with Crippen molar-refractivity contribution in [2.24, 2.45) is 5.73 Å². The van der Waals surface area contributed by atoms with Crippen molar-refractivity contribution >= 4 is 45.3 Å². The second-order valence-electron chi connectivity index (χ2n) is 7.13. The molecule has 7 nitrogen and oxygen atoms in total. The van der Waals surface area contributed by atoms with E-state index in [0.717, 1.165) is 0 Å². The van der Waals surface area contributed by atoms with Crippen molar-refractivity contribution in [1.29, 1.82) is 0 Å². The van der Waals surface area contributed by atoms with E-state index in [9.17, 15) is 18.4 Å². The van der Waals surface area contributed by atoms with E-state index in [1.54, 1.807) is 41.0 Å². The molecule has 0 unspecified atom stereocenters. The number of primary amides is 1. The molecule has 0 aliphatic rings. The number of carboxylic acids is 1. The molecule has 0 radical (unpaired) electrons. The molecular weight excluding hydrogens is 458 g/mol. The van der Waals surface area contributed by atoms with Gasteiger partial charge in [-0.2, -0.15) is 8.78 Å². The normalized spacial score (nSPS) is 11.3. The quantitative estimate of drug-likeness (QED) is 0.386. The van der Waals surface area contributed by atoms with Crippen LogP contribution >= 0.6 is 11.6 Å². The van der Waals surface area contributed by atoms with Gasteiger partial charge in [0.2, 0.25) is 5.91 Å². The number of alkyl halides is 2. The predicted octanol–water partition coefficient (Wildman–Crippen LogP) is 4.66. The fourth-order valence-corrected chi connectivity index (χ4v) is 4.09. The van der Waals surface area contributed by atoms with Crippen molar-refractivity contribution in [3.8, 4) is 11.5 Å². The van der Waals surface area contributed by atoms with Crippen molar-refractivity contribution < 1.29 is 33.0 Å². The Morgan fingerprint density at radius 3 is 2.55 bits per heavy atom. The predicted molar refractivity (Wildman–Crippen MR) is 118 cm³/mol. The number of halogens is 3. The van der Waals surface area contributed by atoms with Gasteiger partial charge in [0.1, 0.15) is 11.5 Å². The highest BCUT2D eigenvalue weighted by atomic mass is 35.5. The minimum Gasteiger partial charge on any atom is -0.481 e. The second kappa shape index (κ2) is 8.95. The van der Waals surface area contributed by atoms with Crippen LogP contribution in [-0.2, 0) is 11.3 Å². The third-order valence-corrected chi connectivity index (χ3v) is 5.33. The summed E-state index contributed by atoms with van der Waals surface area (Å²) < 4.78 is 37.1. The van der Waals surface area contributed by atoms with Gasteiger partial charge >= 0.3 is 12.6 Å². The van der Waals surface area contributed by atoms with Crippen molar-refractivity contribution in [2.75, 3.05) is 6.61 Å². The van der Waals surface area contributed by atoms with Crippen molar-refractivity contribution in [2.45, 2.75) is 13.2 Å². The first-order chi connectivity index (χ1) is 15.8. The number of rotatable bonds is 8. The molecule has 0 bridgehead atoms. The van der Waals surface area contributed by atoms with Crippen molar-refractivity contribution in [1.82, 2.24) is 4.57 Å². The number of nitrogens with zero attached hydrogens (tertiary/aromatic N) is 1. The Morgan fingerprint density at radius 2 is 1.85 bits per heavy atom. The molecule has 3 aromatic carbocycles. The summed E-state index contributed by atoms with van der Waals surface area (Å²) in [6.45, 7) is -3.38. The number of hydrogen-bond donors (Lipinski definition) is 2. The molecule has 33 heavy (non-hydrogen) atoms. The molecule has 1 amide bonds. The first kappa shape index (κ1) is 22.3. The second-order valence-corrected chi connectivity index (χ2v) is 7.53. The molecule has 0 aliphatic carbocycles. The smallest absolute Gasteiger partial charge is 0.387 e. The fourth-order valence-electron chi connectivity index (χ4n) is 3.83. The molecule has 1 aromatic heterocycles. The van der Waals surface area contributed by atoms with Gasteiger partial charge in [0.15, 0.2) is 6.61 Å². The summed E-state index contributed by atoms with van der Waals surface area (Å²) in [5.74, 6) is -1.65. The number of nitrogens with two attached hydrogens (primary N) is 1. The summed E-state index contributed by atoms with van der Waals surface area (Å²) in [5, 5.41) is 10.2. The van der Waals surface area contributed by atoms with Gasteiger partial charge in [0.05, 0.1) is 21.4 Å². The van der Waals surface area contributed by atoms with E-state index >= 15 is 0 Å². The summed E-state index contributed by atoms with van der Waals surface area (Å²) in [6.07, 6.45) is 0. The van der Waals surface area contributed by atoms with Crippen molar-refractivity contribution in [3.05, 3.63) is 70.7 Å². The van der Waals surface area contributed by atoms with Crippen LogP contribution < -0.4 is 15.2 Å². The van der Waals surface area contributed by atoms with Crippen LogP contribution in [0.5, 0.6) is 11.5 Å². The van der Waals surface area contributed by atoms with Crippen LogP contribution in [0.3, 0.4) is 0 Å². The average Bonchev–Trinajstić information content (AvgIpc) is 3.08. The molecule has 0 atom stereocenters. The van der Waals surface area contributed by atoms with E-state index < -0.39 is 25.1 Å². The minimum atomic E-state index is -2.96. The van der Waals surface area contributed by atoms with Crippen LogP contribution in [0.25, 0.3) is 21.8 Å². The number of amides is 1. The Hall–Kier alpha value is -3.85. The molecule has 1 heterocycles. The number of carbonyl (C=O) groups is 2.